The third-order valence-electron chi connectivity index (χ3n) is 2.42. The molecule has 2 rings (SSSR count). The van der Waals surface area contributed by atoms with E-state index in [-0.39, 0.29) is 12.5 Å². The molecule has 0 atom stereocenters. The number of unbranched alkanes of at least 4 members (excludes halogenated alkanes) is 1. The van der Waals surface area contributed by atoms with E-state index >= 15 is 0 Å². The zero-order valence-corrected chi connectivity index (χ0v) is 10.7. The number of fused-ring (bicyclic) bond motifs is 1. The van der Waals surface area contributed by atoms with E-state index in [1.807, 2.05) is 6.92 Å². The average molecular weight is 269 g/mol. The van der Waals surface area contributed by atoms with Gasteiger partial charge in [-0.2, -0.15) is 5.10 Å². The van der Waals surface area contributed by atoms with Crippen molar-refractivity contribution in [2.45, 2.75) is 26.3 Å². The summed E-state index contributed by atoms with van der Waals surface area (Å²) in [6, 6.07) is 0. The molecule has 0 bridgehead atoms. The smallest absolute Gasteiger partial charge is 0.327 e. The van der Waals surface area contributed by atoms with Crippen LogP contribution < -0.4 is 0 Å². The fraction of sp³-hybridized carbons (Fsp3) is 0.455. The summed E-state index contributed by atoms with van der Waals surface area (Å²) < 4.78 is 6.51. The highest BCUT2D eigenvalue weighted by Gasteiger charge is 2.11. The lowest BCUT2D eigenvalue weighted by molar-refractivity contribution is -0.144. The van der Waals surface area contributed by atoms with Crippen LogP contribution in [0.1, 0.15) is 19.8 Å². The number of rotatable bonds is 5. The number of hydrogen-bond donors (Lipinski definition) is 0. The molecule has 0 saturated carbocycles. The molecule has 18 heavy (non-hydrogen) atoms. The third kappa shape index (κ3) is 2.76. The van der Waals surface area contributed by atoms with Gasteiger partial charge in [-0.3, -0.25) is 4.79 Å². The standard InChI is InChI=1S/C11H13ClN4O2/c1-2-3-4-18-9(17)6-16-11-8(5-15-16)10(12)13-7-14-11/h5,7H,2-4,6H2,1H3. The van der Waals surface area contributed by atoms with Gasteiger partial charge in [-0.05, 0) is 6.42 Å². The molecule has 0 saturated heterocycles. The molecule has 2 heterocycles. The van der Waals surface area contributed by atoms with Gasteiger partial charge in [-0.25, -0.2) is 14.6 Å². The lowest BCUT2D eigenvalue weighted by Gasteiger charge is -2.04. The summed E-state index contributed by atoms with van der Waals surface area (Å²) in [5.41, 5.74) is 0.530. The molecule has 0 aliphatic heterocycles. The topological polar surface area (TPSA) is 69.9 Å². The van der Waals surface area contributed by atoms with Crippen molar-refractivity contribution in [3.05, 3.63) is 17.7 Å². The maximum Gasteiger partial charge on any atom is 0.327 e. The summed E-state index contributed by atoms with van der Waals surface area (Å²) in [5, 5.41) is 5.00. The molecule has 7 heteroatoms. The van der Waals surface area contributed by atoms with Gasteiger partial charge in [-0.15, -0.1) is 0 Å². The van der Waals surface area contributed by atoms with Gasteiger partial charge in [0, 0.05) is 0 Å². The van der Waals surface area contributed by atoms with Crippen LogP contribution in [0.3, 0.4) is 0 Å². The minimum absolute atomic E-state index is 0.0283. The van der Waals surface area contributed by atoms with Crippen molar-refractivity contribution in [3.63, 3.8) is 0 Å². The van der Waals surface area contributed by atoms with Crippen molar-refractivity contribution >= 4 is 28.6 Å². The lowest BCUT2D eigenvalue weighted by Crippen LogP contribution is -2.15. The van der Waals surface area contributed by atoms with Gasteiger partial charge < -0.3 is 4.74 Å². The van der Waals surface area contributed by atoms with Crippen LogP contribution in [0.2, 0.25) is 5.15 Å². The Balaban J connectivity index is 2.08. The molecule has 2 aromatic heterocycles. The van der Waals surface area contributed by atoms with Crippen LogP contribution in [-0.2, 0) is 16.1 Å². The molecule has 0 fully saturated rings. The first-order valence-corrected chi connectivity index (χ1v) is 6.07. The van der Waals surface area contributed by atoms with Crippen LogP contribution >= 0.6 is 11.6 Å². The molecule has 0 aliphatic carbocycles. The van der Waals surface area contributed by atoms with Crippen molar-refractivity contribution in [1.29, 1.82) is 0 Å². The van der Waals surface area contributed by atoms with Gasteiger partial charge in [0.2, 0.25) is 0 Å². The molecule has 0 spiro atoms. The van der Waals surface area contributed by atoms with Crippen molar-refractivity contribution in [2.24, 2.45) is 0 Å². The van der Waals surface area contributed by atoms with Crippen LogP contribution in [0.4, 0.5) is 0 Å². The molecule has 6 nitrogen and oxygen atoms in total. The van der Waals surface area contributed by atoms with Crippen LogP contribution in [0.15, 0.2) is 12.5 Å². The minimum Gasteiger partial charge on any atom is -0.464 e. The molecule has 0 N–H and O–H groups in total. The van der Waals surface area contributed by atoms with E-state index in [1.165, 1.54) is 17.2 Å². The van der Waals surface area contributed by atoms with Crippen molar-refractivity contribution in [3.8, 4) is 0 Å². The highest BCUT2D eigenvalue weighted by molar-refractivity contribution is 6.33. The number of carbonyl (C=O) groups excluding carboxylic acids is 1. The summed E-state index contributed by atoms with van der Waals surface area (Å²) in [6.07, 6.45) is 4.72. The first kappa shape index (κ1) is 12.8. The maximum absolute atomic E-state index is 11.6. The Morgan fingerprint density at radius 3 is 3.11 bits per heavy atom. The van der Waals surface area contributed by atoms with E-state index in [4.69, 9.17) is 16.3 Å². The second-order valence-corrected chi connectivity index (χ2v) is 4.14. The van der Waals surface area contributed by atoms with E-state index in [1.54, 1.807) is 0 Å². The van der Waals surface area contributed by atoms with Crippen LogP contribution in [0, 0.1) is 0 Å². The number of esters is 1. The molecule has 96 valence electrons. The second kappa shape index (κ2) is 5.77. The first-order chi connectivity index (χ1) is 8.72. The number of carbonyl (C=O) groups is 1. The lowest BCUT2D eigenvalue weighted by atomic mass is 10.4. The van der Waals surface area contributed by atoms with Crippen molar-refractivity contribution < 1.29 is 9.53 Å². The van der Waals surface area contributed by atoms with Gasteiger partial charge in [0.1, 0.15) is 18.0 Å². The van der Waals surface area contributed by atoms with E-state index in [2.05, 4.69) is 15.1 Å². The zero-order chi connectivity index (χ0) is 13.0. The Bertz CT molecular complexity index is 555. The highest BCUT2D eigenvalue weighted by Crippen LogP contribution is 2.17. The summed E-state index contributed by atoms with van der Waals surface area (Å²) >= 11 is 5.89. The van der Waals surface area contributed by atoms with Gasteiger partial charge in [0.15, 0.2) is 5.65 Å². The number of ether oxygens (including phenoxy) is 1. The van der Waals surface area contributed by atoms with Gasteiger partial charge in [0.05, 0.1) is 18.2 Å². The Kier molecular flexibility index (Phi) is 4.09. The predicted molar refractivity (Wildman–Crippen MR) is 66.2 cm³/mol. The van der Waals surface area contributed by atoms with E-state index in [9.17, 15) is 4.79 Å². The number of halogens is 1. The molecule has 2 aromatic rings. The Morgan fingerprint density at radius 1 is 1.50 bits per heavy atom. The summed E-state index contributed by atoms with van der Waals surface area (Å²) in [4.78, 5) is 19.4. The molecule has 0 unspecified atom stereocenters. The molecule has 0 amide bonds. The average Bonchev–Trinajstić information content (AvgIpc) is 2.74. The van der Waals surface area contributed by atoms with E-state index in [0.29, 0.717) is 22.8 Å². The molecule has 0 aromatic carbocycles. The summed E-state index contributed by atoms with van der Waals surface area (Å²) in [6.45, 7) is 2.50. The van der Waals surface area contributed by atoms with Crippen LogP contribution in [-0.4, -0.2) is 32.3 Å². The molecular formula is C11H13ClN4O2. The SMILES string of the molecule is CCCCOC(=O)Cn1ncc2c(Cl)ncnc21. The Labute approximate surface area is 109 Å². The number of hydrogen-bond acceptors (Lipinski definition) is 5. The highest BCUT2D eigenvalue weighted by atomic mass is 35.5. The van der Waals surface area contributed by atoms with Gasteiger partial charge in [0.25, 0.3) is 0 Å². The van der Waals surface area contributed by atoms with Crippen LogP contribution in [0.5, 0.6) is 0 Å². The van der Waals surface area contributed by atoms with E-state index < -0.39 is 0 Å². The normalized spacial score (nSPS) is 10.8. The molecular weight excluding hydrogens is 256 g/mol. The zero-order valence-electron chi connectivity index (χ0n) is 9.97. The molecule has 0 radical (unpaired) electrons. The first-order valence-electron chi connectivity index (χ1n) is 5.70. The van der Waals surface area contributed by atoms with E-state index in [0.717, 1.165) is 12.8 Å². The summed E-state index contributed by atoms with van der Waals surface area (Å²) in [5.74, 6) is -0.330. The monoisotopic (exact) mass is 268 g/mol. The van der Waals surface area contributed by atoms with Crippen molar-refractivity contribution in [2.75, 3.05) is 6.61 Å². The maximum atomic E-state index is 11.6. The quantitative estimate of drug-likeness (QED) is 0.470. The van der Waals surface area contributed by atoms with Gasteiger partial charge in [-0.1, -0.05) is 24.9 Å². The third-order valence-corrected chi connectivity index (χ3v) is 2.73. The Morgan fingerprint density at radius 2 is 2.33 bits per heavy atom. The molecule has 0 aliphatic rings. The predicted octanol–water partition coefficient (Wildman–Crippen LogP) is 1.82. The van der Waals surface area contributed by atoms with Crippen LogP contribution in [0.25, 0.3) is 11.0 Å². The Hall–Kier alpha value is -1.69. The number of aromatic nitrogens is 4. The van der Waals surface area contributed by atoms with Gasteiger partial charge >= 0.3 is 5.97 Å². The number of nitrogens with zero attached hydrogens (tertiary/aromatic N) is 4. The summed E-state index contributed by atoms with van der Waals surface area (Å²) in [7, 11) is 0. The van der Waals surface area contributed by atoms with Crippen molar-refractivity contribution in [1.82, 2.24) is 19.7 Å². The second-order valence-electron chi connectivity index (χ2n) is 3.78. The fourth-order valence-corrected chi connectivity index (χ4v) is 1.66. The fourth-order valence-electron chi connectivity index (χ4n) is 1.48. The largest absolute Gasteiger partial charge is 0.464 e. The minimum atomic E-state index is -0.330.